The topological polar surface area (TPSA) is 50.9 Å². The molecule has 2 rings (SSSR count). The molecule has 0 aliphatic heterocycles. The van der Waals surface area contributed by atoms with Crippen molar-refractivity contribution in [3.63, 3.8) is 0 Å². The van der Waals surface area contributed by atoms with Crippen LogP contribution in [0.1, 0.15) is 24.3 Å². The van der Waals surface area contributed by atoms with Crippen molar-refractivity contribution in [1.29, 1.82) is 0 Å². The molecule has 5 heteroatoms. The summed E-state index contributed by atoms with van der Waals surface area (Å²) in [6.45, 7) is 2.16. The van der Waals surface area contributed by atoms with E-state index in [1.54, 1.807) is 23.7 Å². The first-order valence-electron chi connectivity index (χ1n) is 5.41. The number of rotatable bonds is 4. The molecule has 2 aromatic heterocycles. The quantitative estimate of drug-likeness (QED) is 0.895. The monoisotopic (exact) mass is 311 g/mol. The number of pyridine rings is 1. The number of thiophene rings is 1. The predicted molar refractivity (Wildman–Crippen MR) is 77.3 cm³/mol. The van der Waals surface area contributed by atoms with Crippen LogP contribution in [0.3, 0.4) is 0 Å². The van der Waals surface area contributed by atoms with E-state index in [0.717, 1.165) is 16.6 Å². The van der Waals surface area contributed by atoms with Gasteiger partial charge in [0.1, 0.15) is 0 Å². The van der Waals surface area contributed by atoms with E-state index in [2.05, 4.69) is 50.7 Å². The van der Waals surface area contributed by atoms with Crippen LogP contribution in [0.25, 0.3) is 0 Å². The Hall–Kier alpha value is -1.07. The number of halogens is 1. The minimum atomic E-state index is 0.288. The maximum atomic E-state index is 5.93. The van der Waals surface area contributed by atoms with E-state index in [4.69, 9.17) is 5.73 Å². The molecule has 1 atom stereocenters. The second-order valence-corrected chi connectivity index (χ2v) is 5.54. The number of hydrogen-bond acceptors (Lipinski definition) is 4. The van der Waals surface area contributed by atoms with Crippen LogP contribution in [0.4, 0.5) is 11.4 Å². The van der Waals surface area contributed by atoms with Gasteiger partial charge in [0.15, 0.2) is 0 Å². The Labute approximate surface area is 113 Å². The summed E-state index contributed by atoms with van der Waals surface area (Å²) >= 11 is 5.22. The molecular formula is C12H14BrN3S. The van der Waals surface area contributed by atoms with Crippen molar-refractivity contribution in [3.05, 3.63) is 39.3 Å². The summed E-state index contributed by atoms with van der Waals surface area (Å²) in [6, 6.07) is 4.49. The van der Waals surface area contributed by atoms with Crippen LogP contribution in [-0.2, 0) is 0 Å². The van der Waals surface area contributed by atoms with Crippen molar-refractivity contribution in [2.24, 2.45) is 0 Å². The molecule has 0 radical (unpaired) electrons. The highest BCUT2D eigenvalue weighted by molar-refractivity contribution is 9.10. The van der Waals surface area contributed by atoms with Crippen molar-refractivity contribution < 1.29 is 0 Å². The first-order chi connectivity index (χ1) is 8.22. The van der Waals surface area contributed by atoms with E-state index in [9.17, 15) is 0 Å². The first-order valence-corrected chi connectivity index (χ1v) is 7.08. The maximum absolute atomic E-state index is 5.93. The maximum Gasteiger partial charge on any atom is 0.0755 e. The zero-order valence-corrected chi connectivity index (χ0v) is 11.9. The van der Waals surface area contributed by atoms with Crippen molar-refractivity contribution >= 4 is 38.6 Å². The molecule has 3 nitrogen and oxygen atoms in total. The highest BCUT2D eigenvalue weighted by Gasteiger charge is 2.13. The van der Waals surface area contributed by atoms with Crippen LogP contribution in [0.15, 0.2) is 34.4 Å². The fourth-order valence-electron chi connectivity index (χ4n) is 1.64. The number of nitrogens with one attached hydrogen (secondary N) is 1. The molecule has 2 heterocycles. The van der Waals surface area contributed by atoms with Crippen LogP contribution in [0.5, 0.6) is 0 Å². The van der Waals surface area contributed by atoms with Gasteiger partial charge in [-0.15, -0.1) is 11.3 Å². The summed E-state index contributed by atoms with van der Waals surface area (Å²) in [5.74, 6) is 0. The molecular weight excluding hydrogens is 298 g/mol. The molecule has 3 N–H and O–H groups in total. The Bertz CT molecular complexity index is 464. The van der Waals surface area contributed by atoms with E-state index < -0.39 is 0 Å². The normalized spacial score (nSPS) is 12.4. The highest BCUT2D eigenvalue weighted by atomic mass is 79.9. The molecule has 0 amide bonds. The summed E-state index contributed by atoms with van der Waals surface area (Å²) < 4.78 is 0.896. The summed E-state index contributed by atoms with van der Waals surface area (Å²) in [4.78, 5) is 5.35. The fraction of sp³-hybridized carbons (Fsp3) is 0.250. The van der Waals surface area contributed by atoms with Gasteiger partial charge in [-0.25, -0.2) is 0 Å². The average Bonchev–Trinajstić information content (AvgIpc) is 2.82. The van der Waals surface area contributed by atoms with Crippen molar-refractivity contribution in [2.75, 3.05) is 11.1 Å². The highest BCUT2D eigenvalue weighted by Crippen LogP contribution is 2.33. The zero-order chi connectivity index (χ0) is 12.3. The van der Waals surface area contributed by atoms with Crippen molar-refractivity contribution in [2.45, 2.75) is 19.4 Å². The second-order valence-electron chi connectivity index (χ2n) is 3.71. The fourth-order valence-corrected chi connectivity index (χ4v) is 2.96. The Morgan fingerprint density at radius 1 is 1.53 bits per heavy atom. The van der Waals surface area contributed by atoms with Gasteiger partial charge in [-0.2, -0.15) is 0 Å². The number of anilines is 2. The number of aromatic nitrogens is 1. The molecule has 0 saturated heterocycles. The Morgan fingerprint density at radius 3 is 2.94 bits per heavy atom. The van der Waals surface area contributed by atoms with Crippen LogP contribution in [0, 0.1) is 0 Å². The number of nitrogen functional groups attached to an aromatic ring is 1. The van der Waals surface area contributed by atoms with E-state index in [1.807, 2.05) is 0 Å². The van der Waals surface area contributed by atoms with Crippen molar-refractivity contribution in [1.82, 2.24) is 4.98 Å². The summed E-state index contributed by atoms with van der Waals surface area (Å²) in [5, 5.41) is 5.55. The largest absolute Gasteiger partial charge is 0.396 e. The minimum Gasteiger partial charge on any atom is -0.396 e. The molecule has 0 bridgehead atoms. The van der Waals surface area contributed by atoms with E-state index >= 15 is 0 Å². The van der Waals surface area contributed by atoms with E-state index in [1.165, 1.54) is 4.88 Å². The first kappa shape index (κ1) is 12.4. The van der Waals surface area contributed by atoms with Gasteiger partial charge >= 0.3 is 0 Å². The van der Waals surface area contributed by atoms with Gasteiger partial charge in [0, 0.05) is 11.1 Å². The van der Waals surface area contributed by atoms with Crippen LogP contribution in [-0.4, -0.2) is 4.98 Å². The lowest BCUT2D eigenvalue weighted by Crippen LogP contribution is -2.10. The third-order valence-electron chi connectivity index (χ3n) is 2.54. The molecule has 0 fully saturated rings. The van der Waals surface area contributed by atoms with Gasteiger partial charge in [-0.05, 0) is 33.8 Å². The van der Waals surface area contributed by atoms with E-state index in [-0.39, 0.29) is 6.04 Å². The average molecular weight is 312 g/mol. The summed E-state index contributed by atoms with van der Waals surface area (Å²) in [7, 11) is 0. The zero-order valence-electron chi connectivity index (χ0n) is 9.48. The van der Waals surface area contributed by atoms with E-state index in [0.29, 0.717) is 5.69 Å². The SMILES string of the molecule is CCC(Nc1c(N)cncc1Br)c1cccs1. The van der Waals surface area contributed by atoms with Gasteiger partial charge in [-0.1, -0.05) is 13.0 Å². The molecule has 0 aliphatic rings. The lowest BCUT2D eigenvalue weighted by molar-refractivity contribution is 0.763. The minimum absolute atomic E-state index is 0.288. The molecule has 2 aromatic rings. The number of hydrogen-bond donors (Lipinski definition) is 2. The Kier molecular flexibility index (Phi) is 4.02. The van der Waals surface area contributed by atoms with Crippen molar-refractivity contribution in [3.8, 4) is 0 Å². The molecule has 1 unspecified atom stereocenters. The van der Waals surface area contributed by atoms with Crippen LogP contribution in [0.2, 0.25) is 0 Å². The standard InChI is InChI=1S/C12H14BrN3S/c1-2-10(11-4-3-5-17-11)16-12-8(13)6-15-7-9(12)14/h3-7,10H,2,14H2,1H3,(H,15,16). The lowest BCUT2D eigenvalue weighted by Gasteiger charge is -2.19. The second kappa shape index (κ2) is 5.51. The molecule has 0 saturated carbocycles. The molecule has 90 valence electrons. The predicted octanol–water partition coefficient (Wildman–Crippen LogP) is 4.05. The summed E-state index contributed by atoms with van der Waals surface area (Å²) in [5.41, 5.74) is 7.50. The van der Waals surface area contributed by atoms with Crippen LogP contribution < -0.4 is 11.1 Å². The molecule has 0 spiro atoms. The molecule has 0 aliphatic carbocycles. The van der Waals surface area contributed by atoms with Gasteiger partial charge in [0.25, 0.3) is 0 Å². The number of nitrogens with two attached hydrogens (primary N) is 1. The van der Waals surface area contributed by atoms with Gasteiger partial charge < -0.3 is 11.1 Å². The molecule has 17 heavy (non-hydrogen) atoms. The molecule has 0 aromatic carbocycles. The van der Waals surface area contributed by atoms with Gasteiger partial charge in [0.05, 0.1) is 28.1 Å². The Morgan fingerprint density at radius 2 is 2.35 bits per heavy atom. The number of nitrogens with zero attached hydrogens (tertiary/aromatic N) is 1. The van der Waals surface area contributed by atoms with Crippen LogP contribution >= 0.6 is 27.3 Å². The summed E-state index contributed by atoms with van der Waals surface area (Å²) in [6.07, 6.45) is 4.42. The third-order valence-corrected chi connectivity index (χ3v) is 4.13. The third kappa shape index (κ3) is 2.79. The lowest BCUT2D eigenvalue weighted by atomic mass is 10.1. The van der Waals surface area contributed by atoms with Gasteiger partial charge in [0.2, 0.25) is 0 Å². The Balaban J connectivity index is 2.25. The smallest absolute Gasteiger partial charge is 0.0755 e. The van der Waals surface area contributed by atoms with Gasteiger partial charge in [-0.3, -0.25) is 4.98 Å².